The summed E-state index contributed by atoms with van der Waals surface area (Å²) in [4.78, 5) is 3.66. The summed E-state index contributed by atoms with van der Waals surface area (Å²) in [6, 6.07) is 3.63. The van der Waals surface area contributed by atoms with Crippen molar-refractivity contribution in [2.24, 2.45) is 5.92 Å². The Morgan fingerprint density at radius 1 is 1.57 bits per heavy atom. The number of rotatable bonds is 2. The SMILES string of the molecule is Fc1ncccc1C[C@H]1CCCNC1. The van der Waals surface area contributed by atoms with Crippen molar-refractivity contribution < 1.29 is 4.39 Å². The molecule has 1 saturated heterocycles. The summed E-state index contributed by atoms with van der Waals surface area (Å²) in [6.07, 6.45) is 4.71. The van der Waals surface area contributed by atoms with E-state index in [1.54, 1.807) is 6.07 Å². The zero-order chi connectivity index (χ0) is 9.80. The molecule has 14 heavy (non-hydrogen) atoms. The van der Waals surface area contributed by atoms with E-state index in [1.807, 2.05) is 6.07 Å². The predicted octanol–water partition coefficient (Wildman–Crippen LogP) is 1.76. The van der Waals surface area contributed by atoms with Crippen LogP contribution in [0.25, 0.3) is 0 Å². The molecule has 1 aromatic rings. The van der Waals surface area contributed by atoms with Crippen LogP contribution >= 0.6 is 0 Å². The molecule has 1 aliphatic heterocycles. The van der Waals surface area contributed by atoms with Crippen LogP contribution in [-0.4, -0.2) is 18.1 Å². The van der Waals surface area contributed by atoms with Gasteiger partial charge in [-0.05, 0) is 44.3 Å². The molecule has 0 spiro atoms. The number of piperidine rings is 1. The highest BCUT2D eigenvalue weighted by Crippen LogP contribution is 2.17. The second-order valence-electron chi connectivity index (χ2n) is 3.87. The smallest absolute Gasteiger partial charge is 0.216 e. The lowest BCUT2D eigenvalue weighted by molar-refractivity contribution is 0.370. The molecule has 1 fully saturated rings. The van der Waals surface area contributed by atoms with Gasteiger partial charge < -0.3 is 5.32 Å². The second kappa shape index (κ2) is 4.51. The van der Waals surface area contributed by atoms with E-state index >= 15 is 0 Å². The van der Waals surface area contributed by atoms with Gasteiger partial charge >= 0.3 is 0 Å². The fourth-order valence-electron chi connectivity index (χ4n) is 1.98. The maximum atomic E-state index is 13.2. The standard InChI is InChI=1S/C11H15FN2/c12-11-10(4-2-6-14-11)7-9-3-1-5-13-8-9/h2,4,6,9,13H,1,3,5,7-8H2/t9-/m1/s1. The van der Waals surface area contributed by atoms with Crippen molar-refractivity contribution in [3.8, 4) is 0 Å². The number of aromatic nitrogens is 1. The van der Waals surface area contributed by atoms with E-state index in [0.717, 1.165) is 25.1 Å². The second-order valence-corrected chi connectivity index (χ2v) is 3.87. The first-order valence-corrected chi connectivity index (χ1v) is 5.16. The molecule has 0 radical (unpaired) electrons. The molecule has 2 heterocycles. The normalized spacial score (nSPS) is 22.2. The molecule has 1 N–H and O–H groups in total. The van der Waals surface area contributed by atoms with E-state index in [1.165, 1.54) is 19.0 Å². The number of nitrogens with zero attached hydrogens (tertiary/aromatic N) is 1. The van der Waals surface area contributed by atoms with Crippen LogP contribution < -0.4 is 5.32 Å². The molecule has 0 saturated carbocycles. The van der Waals surface area contributed by atoms with Gasteiger partial charge in [0.2, 0.25) is 5.95 Å². The number of hydrogen-bond donors (Lipinski definition) is 1. The molecule has 2 nitrogen and oxygen atoms in total. The maximum Gasteiger partial charge on any atom is 0.216 e. The predicted molar refractivity (Wildman–Crippen MR) is 53.5 cm³/mol. The van der Waals surface area contributed by atoms with E-state index in [2.05, 4.69) is 10.3 Å². The molecule has 1 atom stereocenters. The number of hydrogen-bond acceptors (Lipinski definition) is 2. The average Bonchev–Trinajstić information content (AvgIpc) is 2.23. The van der Waals surface area contributed by atoms with Crippen molar-refractivity contribution in [1.29, 1.82) is 0 Å². The summed E-state index contributed by atoms with van der Waals surface area (Å²) >= 11 is 0. The van der Waals surface area contributed by atoms with E-state index in [9.17, 15) is 4.39 Å². The lowest BCUT2D eigenvalue weighted by Crippen LogP contribution is -2.31. The Kier molecular flexibility index (Phi) is 3.09. The molecule has 0 bridgehead atoms. The Morgan fingerprint density at radius 2 is 2.50 bits per heavy atom. The molecule has 0 aliphatic carbocycles. The highest BCUT2D eigenvalue weighted by molar-refractivity contribution is 5.11. The van der Waals surface area contributed by atoms with Crippen molar-refractivity contribution in [1.82, 2.24) is 10.3 Å². The summed E-state index contributed by atoms with van der Waals surface area (Å²) in [6.45, 7) is 2.11. The molecule has 2 rings (SSSR count). The summed E-state index contributed by atoms with van der Waals surface area (Å²) in [5, 5.41) is 3.33. The molecule has 76 valence electrons. The number of nitrogens with one attached hydrogen (secondary N) is 1. The molecule has 3 heteroatoms. The fraction of sp³-hybridized carbons (Fsp3) is 0.545. The lowest BCUT2D eigenvalue weighted by atomic mass is 9.93. The van der Waals surface area contributed by atoms with Crippen molar-refractivity contribution in [3.63, 3.8) is 0 Å². The van der Waals surface area contributed by atoms with Gasteiger partial charge in [0, 0.05) is 11.8 Å². The topological polar surface area (TPSA) is 24.9 Å². The average molecular weight is 194 g/mol. The summed E-state index contributed by atoms with van der Waals surface area (Å²) in [5.41, 5.74) is 0.751. The lowest BCUT2D eigenvalue weighted by Gasteiger charge is -2.22. The fourth-order valence-corrected chi connectivity index (χ4v) is 1.98. The van der Waals surface area contributed by atoms with Crippen LogP contribution in [0.3, 0.4) is 0 Å². The first-order chi connectivity index (χ1) is 6.86. The molecule has 1 aromatic heterocycles. The highest BCUT2D eigenvalue weighted by atomic mass is 19.1. The minimum atomic E-state index is -0.307. The van der Waals surface area contributed by atoms with Gasteiger partial charge in [0.05, 0.1) is 0 Å². The zero-order valence-corrected chi connectivity index (χ0v) is 8.17. The van der Waals surface area contributed by atoms with Gasteiger partial charge in [-0.25, -0.2) is 4.98 Å². The van der Waals surface area contributed by atoms with Crippen LogP contribution in [-0.2, 0) is 6.42 Å². The zero-order valence-electron chi connectivity index (χ0n) is 8.17. The molecule has 1 aliphatic rings. The van der Waals surface area contributed by atoms with E-state index in [4.69, 9.17) is 0 Å². The van der Waals surface area contributed by atoms with Gasteiger partial charge in [-0.2, -0.15) is 4.39 Å². The first kappa shape index (κ1) is 9.59. The molecule has 0 unspecified atom stereocenters. The van der Waals surface area contributed by atoms with Gasteiger partial charge in [0.1, 0.15) is 0 Å². The molecule has 0 aromatic carbocycles. The van der Waals surface area contributed by atoms with E-state index in [0.29, 0.717) is 5.92 Å². The van der Waals surface area contributed by atoms with Gasteiger partial charge in [-0.3, -0.25) is 0 Å². The summed E-state index contributed by atoms with van der Waals surface area (Å²) < 4.78 is 13.2. The van der Waals surface area contributed by atoms with Crippen LogP contribution in [0.4, 0.5) is 4.39 Å². The van der Waals surface area contributed by atoms with E-state index in [-0.39, 0.29) is 5.95 Å². The third-order valence-corrected chi connectivity index (χ3v) is 2.74. The molecular weight excluding hydrogens is 179 g/mol. The van der Waals surface area contributed by atoms with Crippen LogP contribution in [0.1, 0.15) is 18.4 Å². The minimum Gasteiger partial charge on any atom is -0.316 e. The van der Waals surface area contributed by atoms with Gasteiger partial charge in [-0.1, -0.05) is 6.07 Å². The van der Waals surface area contributed by atoms with Crippen LogP contribution in [0.5, 0.6) is 0 Å². The van der Waals surface area contributed by atoms with Gasteiger partial charge in [0.15, 0.2) is 0 Å². The maximum absolute atomic E-state index is 13.2. The quantitative estimate of drug-likeness (QED) is 0.726. The van der Waals surface area contributed by atoms with Crippen molar-refractivity contribution in [2.45, 2.75) is 19.3 Å². The Balaban J connectivity index is 1.99. The van der Waals surface area contributed by atoms with Crippen molar-refractivity contribution >= 4 is 0 Å². The minimum absolute atomic E-state index is 0.307. The summed E-state index contributed by atoms with van der Waals surface area (Å²) in [5.74, 6) is 0.264. The summed E-state index contributed by atoms with van der Waals surface area (Å²) in [7, 11) is 0. The monoisotopic (exact) mass is 194 g/mol. The van der Waals surface area contributed by atoms with Gasteiger partial charge in [-0.15, -0.1) is 0 Å². The largest absolute Gasteiger partial charge is 0.316 e. The number of pyridine rings is 1. The Bertz CT molecular complexity index is 295. The van der Waals surface area contributed by atoms with Crippen LogP contribution in [0, 0.1) is 11.9 Å². The Morgan fingerprint density at radius 3 is 3.21 bits per heavy atom. The van der Waals surface area contributed by atoms with Crippen LogP contribution in [0.2, 0.25) is 0 Å². The Hall–Kier alpha value is -0.960. The highest BCUT2D eigenvalue weighted by Gasteiger charge is 2.15. The third-order valence-electron chi connectivity index (χ3n) is 2.74. The van der Waals surface area contributed by atoms with Gasteiger partial charge in [0.25, 0.3) is 0 Å². The van der Waals surface area contributed by atoms with E-state index < -0.39 is 0 Å². The van der Waals surface area contributed by atoms with Crippen molar-refractivity contribution in [3.05, 3.63) is 29.8 Å². The number of halogens is 1. The first-order valence-electron chi connectivity index (χ1n) is 5.16. The molecular formula is C11H15FN2. The van der Waals surface area contributed by atoms with Crippen molar-refractivity contribution in [2.75, 3.05) is 13.1 Å². The third kappa shape index (κ3) is 2.29. The Labute approximate surface area is 83.6 Å². The molecule has 0 amide bonds. The van der Waals surface area contributed by atoms with Crippen LogP contribution in [0.15, 0.2) is 18.3 Å².